The van der Waals surface area contributed by atoms with Gasteiger partial charge in [-0.1, -0.05) is 11.6 Å². The number of carbonyl (C=O) groups excluding carboxylic acids is 1. The summed E-state index contributed by atoms with van der Waals surface area (Å²) in [6, 6.07) is 3.03. The summed E-state index contributed by atoms with van der Waals surface area (Å²) in [7, 11) is 1.50. The predicted molar refractivity (Wildman–Crippen MR) is 113 cm³/mol. The van der Waals surface area contributed by atoms with Crippen molar-refractivity contribution in [3.8, 4) is 5.75 Å². The highest BCUT2D eigenvalue weighted by Gasteiger charge is 2.43. The monoisotopic (exact) mass is 437 g/mol. The number of piperidine rings is 1. The summed E-state index contributed by atoms with van der Waals surface area (Å²) in [4.78, 5) is 15.1. The van der Waals surface area contributed by atoms with Crippen LogP contribution in [-0.4, -0.2) is 53.9 Å². The van der Waals surface area contributed by atoms with E-state index in [1.54, 1.807) is 6.07 Å². The molecular weight excluding hydrogens is 409 g/mol. The van der Waals surface area contributed by atoms with Crippen molar-refractivity contribution in [1.29, 1.82) is 0 Å². The van der Waals surface area contributed by atoms with Crippen molar-refractivity contribution >= 4 is 28.6 Å². The molecule has 1 aromatic carbocycles. The molecular formula is C22H29ClFN3O3. The Balaban J connectivity index is 1.90. The van der Waals surface area contributed by atoms with E-state index >= 15 is 0 Å². The number of methoxy groups -OCH3 is 1. The van der Waals surface area contributed by atoms with Gasteiger partial charge in [0.15, 0.2) is 5.82 Å². The molecule has 3 rings (SSSR count). The Bertz CT molecular complexity index is 937. The zero-order valence-corrected chi connectivity index (χ0v) is 18.7. The second kappa shape index (κ2) is 8.55. The molecule has 0 unspecified atom stereocenters. The van der Waals surface area contributed by atoms with Gasteiger partial charge >= 0.3 is 0 Å². The Morgan fingerprint density at radius 2 is 2.03 bits per heavy atom. The number of aromatic nitrogens is 1. The summed E-state index contributed by atoms with van der Waals surface area (Å²) in [5, 5.41) is 14.6. The summed E-state index contributed by atoms with van der Waals surface area (Å²) in [5.74, 6) is -0.00430. The van der Waals surface area contributed by atoms with Gasteiger partial charge in [-0.25, -0.2) is 4.39 Å². The second-order valence-corrected chi connectivity index (χ2v) is 9.44. The topological polar surface area (TPSA) is 74.3 Å². The lowest BCUT2D eigenvalue weighted by atomic mass is 9.91. The molecule has 1 fully saturated rings. The largest absolute Gasteiger partial charge is 0.530 e. The van der Waals surface area contributed by atoms with E-state index in [1.807, 2.05) is 0 Å². The lowest BCUT2D eigenvalue weighted by Crippen LogP contribution is -2.66. The summed E-state index contributed by atoms with van der Waals surface area (Å²) < 4.78 is 20.6. The molecule has 0 spiro atoms. The minimum absolute atomic E-state index is 0.0370. The number of ether oxygens (including phenoxy) is 1. The van der Waals surface area contributed by atoms with E-state index in [9.17, 15) is 14.3 Å². The summed E-state index contributed by atoms with van der Waals surface area (Å²) in [6.07, 6.45) is 2.44. The molecule has 8 heteroatoms. The zero-order valence-electron chi connectivity index (χ0n) is 17.9. The van der Waals surface area contributed by atoms with Crippen LogP contribution >= 0.6 is 11.6 Å². The molecule has 2 aromatic rings. The van der Waals surface area contributed by atoms with Crippen LogP contribution in [0.4, 0.5) is 9.18 Å². The Morgan fingerprint density at radius 3 is 2.60 bits per heavy atom. The highest BCUT2D eigenvalue weighted by atomic mass is 35.5. The maximum Gasteiger partial charge on any atom is 0.153 e. The van der Waals surface area contributed by atoms with Gasteiger partial charge < -0.3 is 24.4 Å². The van der Waals surface area contributed by atoms with E-state index in [0.717, 1.165) is 42.5 Å². The molecule has 164 valence electrons. The number of fused-ring (bicyclic) bond motifs is 1. The molecule has 0 atom stereocenters. The molecule has 1 saturated heterocycles. The van der Waals surface area contributed by atoms with Crippen LogP contribution in [0.3, 0.4) is 0 Å². The molecule has 1 aliphatic rings. The fourth-order valence-electron chi connectivity index (χ4n) is 4.56. The molecule has 1 N–H and O–H groups in total. The number of carboxylic acid groups (broad SMARTS) is 1. The molecule has 0 saturated carbocycles. The fourth-order valence-corrected chi connectivity index (χ4v) is 4.81. The van der Waals surface area contributed by atoms with Gasteiger partial charge in [0.1, 0.15) is 17.4 Å². The number of likely N-dealkylation sites (tertiary alicyclic amines) is 1. The fraction of sp³-hybridized carbons (Fsp3) is 0.545. The van der Waals surface area contributed by atoms with Crippen LogP contribution < -0.4 is 15.2 Å². The summed E-state index contributed by atoms with van der Waals surface area (Å²) in [6.45, 7) is 9.09. The number of rotatable bonds is 5. The first-order valence-electron chi connectivity index (χ1n) is 10.2. The second-order valence-electron chi connectivity index (χ2n) is 9.03. The van der Waals surface area contributed by atoms with Crippen molar-refractivity contribution in [1.82, 2.24) is 10.3 Å². The lowest BCUT2D eigenvalue weighted by Gasteiger charge is -2.52. The van der Waals surface area contributed by atoms with Gasteiger partial charge in [0.2, 0.25) is 0 Å². The molecule has 6 nitrogen and oxygen atoms in total. The summed E-state index contributed by atoms with van der Waals surface area (Å²) in [5.41, 5.74) is 1.11. The highest BCUT2D eigenvalue weighted by molar-refractivity contribution is 6.32. The number of carbonyl (C=O) groups is 1. The Labute approximate surface area is 181 Å². The Hall–Kier alpha value is -2.12. The highest BCUT2D eigenvalue weighted by Crippen LogP contribution is 2.34. The van der Waals surface area contributed by atoms with Crippen LogP contribution in [0.5, 0.6) is 5.75 Å². The smallest absolute Gasteiger partial charge is 0.153 e. The van der Waals surface area contributed by atoms with E-state index in [2.05, 4.69) is 31.1 Å². The number of hydrogen-bond donors (Lipinski definition) is 1. The van der Waals surface area contributed by atoms with Gasteiger partial charge in [0, 0.05) is 43.0 Å². The van der Waals surface area contributed by atoms with Crippen molar-refractivity contribution in [2.75, 3.05) is 26.7 Å². The minimum Gasteiger partial charge on any atom is -0.530 e. The molecule has 0 aliphatic carbocycles. The molecule has 1 aliphatic heterocycles. The van der Waals surface area contributed by atoms with Crippen molar-refractivity contribution in [3.63, 3.8) is 0 Å². The number of quaternary nitrogens is 1. The van der Waals surface area contributed by atoms with Gasteiger partial charge in [0.25, 0.3) is 0 Å². The van der Waals surface area contributed by atoms with Crippen molar-refractivity contribution < 1.29 is 23.5 Å². The number of nitrogens with one attached hydrogen (secondary N) is 1. The Morgan fingerprint density at radius 1 is 1.37 bits per heavy atom. The van der Waals surface area contributed by atoms with E-state index < -0.39 is 11.9 Å². The third-order valence-corrected chi connectivity index (χ3v) is 6.86. The van der Waals surface area contributed by atoms with Gasteiger partial charge in [0.05, 0.1) is 37.3 Å². The maximum absolute atomic E-state index is 14.5. The minimum atomic E-state index is -1.22. The van der Waals surface area contributed by atoms with Crippen molar-refractivity contribution in [2.24, 2.45) is 0 Å². The number of nitrogens with zero attached hydrogens (tertiary/aromatic N) is 2. The SMILES string of the molecule is COc1cc(F)c2ncc(Cl)c(CC[N+]3(C(C)(C)C)CCC(NC(=O)[O-])CC3)c2c1. The first kappa shape index (κ1) is 22.6. The predicted octanol–water partition coefficient (Wildman–Crippen LogP) is 3.29. The van der Waals surface area contributed by atoms with Crippen LogP contribution in [0.2, 0.25) is 5.02 Å². The van der Waals surface area contributed by atoms with E-state index in [1.165, 1.54) is 19.4 Å². The molecule has 30 heavy (non-hydrogen) atoms. The van der Waals surface area contributed by atoms with Crippen molar-refractivity contribution in [3.05, 3.63) is 34.7 Å². The Kier molecular flexibility index (Phi) is 6.43. The number of hydrogen-bond acceptors (Lipinski definition) is 4. The van der Waals surface area contributed by atoms with Crippen LogP contribution in [0.15, 0.2) is 18.3 Å². The number of pyridine rings is 1. The standard InChI is InChI=1S/C22H29ClFN3O3/c1-22(2,3)27(8-5-14(6-9-27)26-21(28)29)10-7-16-17-11-15(30-4)12-19(24)20(17)25-13-18(16)23/h11-14,26H,5-10H2,1-4H3. The van der Waals surface area contributed by atoms with Crippen LogP contribution in [0.25, 0.3) is 10.9 Å². The van der Waals surface area contributed by atoms with Crippen molar-refractivity contribution in [2.45, 2.75) is 51.6 Å². The molecule has 1 aromatic heterocycles. The van der Waals surface area contributed by atoms with E-state index in [0.29, 0.717) is 22.6 Å². The number of benzene rings is 1. The maximum atomic E-state index is 14.5. The molecule has 1 amide bonds. The first-order chi connectivity index (χ1) is 14.1. The third-order valence-electron chi connectivity index (χ3n) is 6.54. The van der Waals surface area contributed by atoms with Crippen LogP contribution in [0.1, 0.15) is 39.2 Å². The number of amides is 1. The normalized spacial score (nSPS) is 22.1. The van der Waals surface area contributed by atoms with Gasteiger partial charge in [-0.3, -0.25) is 4.98 Å². The van der Waals surface area contributed by atoms with Gasteiger partial charge in [-0.2, -0.15) is 0 Å². The lowest BCUT2D eigenvalue weighted by molar-refractivity contribution is -0.974. The molecule has 2 heterocycles. The first-order valence-corrected chi connectivity index (χ1v) is 10.6. The average Bonchev–Trinajstić information content (AvgIpc) is 2.67. The van der Waals surface area contributed by atoms with Crippen LogP contribution in [0, 0.1) is 5.82 Å². The zero-order chi connectivity index (χ0) is 22.1. The average molecular weight is 438 g/mol. The van der Waals surface area contributed by atoms with Gasteiger partial charge in [-0.15, -0.1) is 0 Å². The molecule has 0 radical (unpaired) electrons. The molecule has 0 bridgehead atoms. The third kappa shape index (κ3) is 4.47. The quantitative estimate of drug-likeness (QED) is 0.728. The number of halogens is 2. The van der Waals surface area contributed by atoms with E-state index in [-0.39, 0.29) is 17.1 Å². The summed E-state index contributed by atoms with van der Waals surface area (Å²) >= 11 is 6.49. The van der Waals surface area contributed by atoms with Gasteiger partial charge in [-0.05, 0) is 32.4 Å². The van der Waals surface area contributed by atoms with E-state index in [4.69, 9.17) is 16.3 Å². The van der Waals surface area contributed by atoms with Crippen LogP contribution in [-0.2, 0) is 6.42 Å².